The second-order valence-electron chi connectivity index (χ2n) is 6.26. The van der Waals surface area contributed by atoms with Crippen molar-refractivity contribution in [2.45, 2.75) is 26.4 Å². The molecule has 0 spiro atoms. The Bertz CT molecular complexity index is 884. The number of rotatable bonds is 5. The zero-order valence-corrected chi connectivity index (χ0v) is 14.1. The van der Waals surface area contributed by atoms with Crippen LogP contribution >= 0.6 is 0 Å². The first kappa shape index (κ1) is 16.4. The third kappa shape index (κ3) is 3.10. The lowest BCUT2D eigenvalue weighted by Crippen LogP contribution is -2.35. The number of likely N-dealkylation sites (N-methyl/N-ethyl adjacent to an activating group) is 1. The molecule has 1 aromatic heterocycles. The van der Waals surface area contributed by atoms with Crippen molar-refractivity contribution in [3.63, 3.8) is 0 Å². The predicted molar refractivity (Wildman–Crippen MR) is 94.7 cm³/mol. The molecular weight excluding hydrogens is 303 g/mol. The van der Waals surface area contributed by atoms with Crippen molar-refractivity contribution in [1.82, 2.24) is 9.88 Å². The van der Waals surface area contributed by atoms with Crippen molar-refractivity contribution < 1.29 is 9.18 Å². The van der Waals surface area contributed by atoms with E-state index in [0.29, 0.717) is 6.54 Å². The molecule has 0 radical (unpaired) electrons. The van der Waals surface area contributed by atoms with Gasteiger partial charge in [0.05, 0.1) is 6.04 Å². The Morgan fingerprint density at radius 2 is 1.96 bits per heavy atom. The number of carbonyl (C=O) groups is 1. The van der Waals surface area contributed by atoms with Gasteiger partial charge < -0.3 is 4.98 Å². The molecule has 1 heterocycles. The monoisotopic (exact) mass is 324 g/mol. The Morgan fingerprint density at radius 1 is 1.21 bits per heavy atom. The highest BCUT2D eigenvalue weighted by atomic mass is 19.1. The zero-order chi connectivity index (χ0) is 17.3. The topological polar surface area (TPSA) is 36.1 Å². The minimum atomic E-state index is -0.300. The molecule has 0 bridgehead atoms. The van der Waals surface area contributed by atoms with Crippen molar-refractivity contribution in [3.05, 3.63) is 71.2 Å². The Morgan fingerprint density at radius 3 is 2.71 bits per heavy atom. The summed E-state index contributed by atoms with van der Waals surface area (Å²) in [5, 5.41) is 0.950. The third-order valence-corrected chi connectivity index (χ3v) is 4.50. The Balaban J connectivity index is 1.84. The maximum Gasteiger partial charge on any atom is 0.182 e. The standard InChI is InChI=1S/C20H21FN2O/c1-13-19(17-9-4-5-10-18(17)22-13)20(24)14(2)23(3)12-15-7-6-8-16(21)11-15/h4-11,14,22H,12H2,1-3H3/t14-/m0/s1. The highest BCUT2D eigenvalue weighted by Crippen LogP contribution is 2.24. The summed E-state index contributed by atoms with van der Waals surface area (Å²) in [4.78, 5) is 18.2. The lowest BCUT2D eigenvalue weighted by Gasteiger charge is -2.24. The molecular formula is C20H21FN2O. The van der Waals surface area contributed by atoms with Crippen LogP contribution in [-0.4, -0.2) is 28.8 Å². The average molecular weight is 324 g/mol. The van der Waals surface area contributed by atoms with Crippen LogP contribution in [0.4, 0.5) is 4.39 Å². The number of ketones is 1. The third-order valence-electron chi connectivity index (χ3n) is 4.50. The first-order valence-electron chi connectivity index (χ1n) is 8.03. The van der Waals surface area contributed by atoms with Gasteiger partial charge in [0.1, 0.15) is 5.82 Å². The van der Waals surface area contributed by atoms with Gasteiger partial charge in [-0.2, -0.15) is 0 Å². The van der Waals surface area contributed by atoms with E-state index >= 15 is 0 Å². The molecule has 3 rings (SSSR count). The van der Waals surface area contributed by atoms with Gasteiger partial charge in [0.25, 0.3) is 0 Å². The maximum atomic E-state index is 13.3. The van der Waals surface area contributed by atoms with Gasteiger partial charge in [-0.1, -0.05) is 30.3 Å². The SMILES string of the molecule is Cc1[nH]c2ccccc2c1C(=O)[C@H](C)N(C)Cc1cccc(F)c1. The van der Waals surface area contributed by atoms with Crippen LogP contribution in [-0.2, 0) is 6.54 Å². The highest BCUT2D eigenvalue weighted by molar-refractivity contribution is 6.11. The fraction of sp³-hybridized carbons (Fsp3) is 0.250. The fourth-order valence-electron chi connectivity index (χ4n) is 3.06. The summed E-state index contributed by atoms with van der Waals surface area (Å²) in [6.07, 6.45) is 0. The Kier molecular flexibility index (Phi) is 4.49. The van der Waals surface area contributed by atoms with E-state index in [0.717, 1.165) is 27.7 Å². The fourth-order valence-corrected chi connectivity index (χ4v) is 3.06. The number of fused-ring (bicyclic) bond motifs is 1. The predicted octanol–water partition coefficient (Wildman–Crippen LogP) is 4.32. The van der Waals surface area contributed by atoms with E-state index in [9.17, 15) is 9.18 Å². The largest absolute Gasteiger partial charge is 0.358 e. The molecule has 24 heavy (non-hydrogen) atoms. The Labute approximate surface area is 141 Å². The summed E-state index contributed by atoms with van der Waals surface area (Å²) in [5.41, 5.74) is 3.45. The number of hydrogen-bond donors (Lipinski definition) is 1. The minimum Gasteiger partial charge on any atom is -0.358 e. The molecule has 0 saturated carbocycles. The number of nitrogens with one attached hydrogen (secondary N) is 1. The van der Waals surface area contributed by atoms with Crippen LogP contribution in [0.3, 0.4) is 0 Å². The average Bonchev–Trinajstić information content (AvgIpc) is 2.89. The van der Waals surface area contributed by atoms with Gasteiger partial charge in [0.15, 0.2) is 5.78 Å². The normalized spacial score (nSPS) is 12.7. The summed E-state index contributed by atoms with van der Waals surface area (Å²) in [7, 11) is 1.89. The van der Waals surface area contributed by atoms with Gasteiger partial charge >= 0.3 is 0 Å². The van der Waals surface area contributed by atoms with E-state index in [2.05, 4.69) is 4.98 Å². The van der Waals surface area contributed by atoms with Crippen LogP contribution in [0.15, 0.2) is 48.5 Å². The molecule has 0 amide bonds. The molecule has 0 aliphatic heterocycles. The van der Waals surface area contributed by atoms with Crippen LogP contribution in [0, 0.1) is 12.7 Å². The molecule has 3 aromatic rings. The van der Waals surface area contributed by atoms with Crippen molar-refractivity contribution in [2.24, 2.45) is 0 Å². The molecule has 4 heteroatoms. The number of para-hydroxylation sites is 1. The summed E-state index contributed by atoms with van der Waals surface area (Å²) < 4.78 is 13.3. The molecule has 0 aliphatic rings. The molecule has 0 fully saturated rings. The molecule has 1 N–H and O–H groups in total. The van der Waals surface area contributed by atoms with Gasteiger partial charge in [-0.05, 0) is 44.7 Å². The van der Waals surface area contributed by atoms with Crippen molar-refractivity contribution >= 4 is 16.7 Å². The van der Waals surface area contributed by atoms with Crippen LogP contribution in [0.1, 0.15) is 28.5 Å². The van der Waals surface area contributed by atoms with E-state index in [4.69, 9.17) is 0 Å². The number of aromatic nitrogens is 1. The number of aryl methyl sites for hydroxylation is 1. The first-order valence-corrected chi connectivity index (χ1v) is 8.03. The molecule has 2 aromatic carbocycles. The number of aromatic amines is 1. The van der Waals surface area contributed by atoms with Crippen LogP contribution in [0.2, 0.25) is 0 Å². The number of carbonyl (C=O) groups excluding carboxylic acids is 1. The molecule has 124 valence electrons. The highest BCUT2D eigenvalue weighted by Gasteiger charge is 2.24. The van der Waals surface area contributed by atoms with Crippen LogP contribution in [0.25, 0.3) is 10.9 Å². The lowest BCUT2D eigenvalue weighted by atomic mass is 10.0. The minimum absolute atomic E-state index is 0.0730. The van der Waals surface area contributed by atoms with E-state index in [1.807, 2.05) is 56.1 Å². The van der Waals surface area contributed by atoms with E-state index in [-0.39, 0.29) is 17.6 Å². The van der Waals surface area contributed by atoms with Gasteiger partial charge in [0, 0.05) is 28.7 Å². The summed E-state index contributed by atoms with van der Waals surface area (Å²) >= 11 is 0. The summed E-state index contributed by atoms with van der Waals surface area (Å²) in [6.45, 7) is 4.33. The second kappa shape index (κ2) is 6.57. The van der Waals surface area contributed by atoms with Gasteiger partial charge in [-0.3, -0.25) is 9.69 Å². The smallest absolute Gasteiger partial charge is 0.182 e. The molecule has 0 unspecified atom stereocenters. The Hall–Kier alpha value is -2.46. The maximum absolute atomic E-state index is 13.3. The number of benzene rings is 2. The molecule has 1 atom stereocenters. The van der Waals surface area contributed by atoms with Gasteiger partial charge in [0.2, 0.25) is 0 Å². The van der Waals surface area contributed by atoms with Crippen molar-refractivity contribution in [2.75, 3.05) is 7.05 Å². The number of hydrogen-bond acceptors (Lipinski definition) is 2. The van der Waals surface area contributed by atoms with Crippen LogP contribution < -0.4 is 0 Å². The van der Waals surface area contributed by atoms with Crippen LogP contribution in [0.5, 0.6) is 0 Å². The zero-order valence-electron chi connectivity index (χ0n) is 14.1. The number of H-pyrrole nitrogens is 1. The van der Waals surface area contributed by atoms with E-state index in [1.54, 1.807) is 6.07 Å². The van der Waals surface area contributed by atoms with E-state index < -0.39 is 0 Å². The van der Waals surface area contributed by atoms with Gasteiger partial charge in [-0.25, -0.2) is 4.39 Å². The molecule has 0 aliphatic carbocycles. The summed E-state index contributed by atoms with van der Waals surface area (Å²) in [6, 6.07) is 14.0. The number of Topliss-reactive ketones (excluding diaryl/α,β-unsaturated/α-hetero) is 1. The number of halogens is 1. The lowest BCUT2D eigenvalue weighted by molar-refractivity contribution is 0.0863. The summed E-state index contributed by atoms with van der Waals surface area (Å²) in [5.74, 6) is -0.184. The first-order chi connectivity index (χ1) is 11.5. The second-order valence-corrected chi connectivity index (χ2v) is 6.26. The van der Waals surface area contributed by atoms with Gasteiger partial charge in [-0.15, -0.1) is 0 Å². The molecule has 3 nitrogen and oxygen atoms in total. The van der Waals surface area contributed by atoms with E-state index in [1.165, 1.54) is 12.1 Å². The number of nitrogens with zero attached hydrogens (tertiary/aromatic N) is 1. The molecule has 0 saturated heterocycles. The quantitative estimate of drug-likeness (QED) is 0.710. The van der Waals surface area contributed by atoms with Crippen molar-refractivity contribution in [1.29, 1.82) is 0 Å². The van der Waals surface area contributed by atoms with Crippen molar-refractivity contribution in [3.8, 4) is 0 Å².